The van der Waals surface area contributed by atoms with E-state index in [4.69, 9.17) is 4.74 Å². The lowest BCUT2D eigenvalue weighted by Crippen LogP contribution is -2.04. The van der Waals surface area contributed by atoms with E-state index in [1.54, 1.807) is 6.92 Å². The lowest BCUT2D eigenvalue weighted by Gasteiger charge is -2.07. The maximum Gasteiger partial charge on any atom is 0.367 e. The zero-order valence-corrected chi connectivity index (χ0v) is 16.8. The fourth-order valence-electron chi connectivity index (χ4n) is 3.29. The number of ether oxygens (including phenoxy) is 1. The summed E-state index contributed by atoms with van der Waals surface area (Å²) in [5.41, 5.74) is 3.25. The molecule has 0 amide bonds. The van der Waals surface area contributed by atoms with Gasteiger partial charge < -0.3 is 4.74 Å². The van der Waals surface area contributed by atoms with E-state index in [-0.39, 0.29) is 6.61 Å². The second kappa shape index (κ2) is 12.9. The number of aryl methyl sites for hydroxylation is 2. The van der Waals surface area contributed by atoms with Crippen LogP contribution in [0.4, 0.5) is 4.39 Å². The Balaban J connectivity index is 1.67. The van der Waals surface area contributed by atoms with E-state index in [1.807, 2.05) is 24.3 Å². The van der Waals surface area contributed by atoms with E-state index in [0.717, 1.165) is 30.4 Å². The number of unbranched alkanes of at least 4 members (excludes halogenated alkanes) is 5. The molecule has 0 atom stereocenters. The van der Waals surface area contributed by atoms with Crippen LogP contribution in [-0.4, -0.2) is 12.6 Å². The highest BCUT2D eigenvalue weighted by Crippen LogP contribution is 2.18. The molecule has 0 fully saturated rings. The van der Waals surface area contributed by atoms with Gasteiger partial charge in [0.1, 0.15) is 0 Å². The maximum absolute atomic E-state index is 13.9. The highest BCUT2D eigenvalue weighted by atomic mass is 19.1. The smallest absolute Gasteiger partial charge is 0.367 e. The Labute approximate surface area is 168 Å². The zero-order chi connectivity index (χ0) is 20.0. The van der Waals surface area contributed by atoms with Crippen LogP contribution in [0.25, 0.3) is 6.08 Å². The van der Waals surface area contributed by atoms with Crippen molar-refractivity contribution in [2.24, 2.45) is 0 Å². The van der Waals surface area contributed by atoms with E-state index in [2.05, 4.69) is 30.3 Å². The molecule has 2 rings (SSSR count). The number of hydrogen-bond donors (Lipinski definition) is 0. The standard InChI is InChI=1S/C25H31FO2/c1-2-28-25(27)24(26)20-23-19-13-12-18-22(23)17-11-6-4-3-5-8-14-21-15-9-7-10-16-21/h7,9-10,12-13,15-16,18-20H,2-6,8,11,14,17H2,1H3/b24-20-. The molecular formula is C25H31FO2. The van der Waals surface area contributed by atoms with Crippen LogP contribution in [0.5, 0.6) is 0 Å². The van der Waals surface area contributed by atoms with Crippen molar-refractivity contribution in [1.82, 2.24) is 0 Å². The molecule has 0 radical (unpaired) electrons. The van der Waals surface area contributed by atoms with E-state index in [1.165, 1.54) is 43.7 Å². The predicted octanol–water partition coefficient (Wildman–Crippen LogP) is 6.69. The molecule has 0 saturated heterocycles. The number of benzene rings is 2. The van der Waals surface area contributed by atoms with Gasteiger partial charge in [0.2, 0.25) is 5.83 Å². The second-order valence-electron chi connectivity index (χ2n) is 7.02. The van der Waals surface area contributed by atoms with Crippen LogP contribution < -0.4 is 0 Å². The first-order valence-corrected chi connectivity index (χ1v) is 10.4. The predicted molar refractivity (Wildman–Crippen MR) is 114 cm³/mol. The van der Waals surface area contributed by atoms with Gasteiger partial charge in [-0.15, -0.1) is 0 Å². The largest absolute Gasteiger partial charge is 0.461 e. The lowest BCUT2D eigenvalue weighted by molar-refractivity contribution is -0.140. The van der Waals surface area contributed by atoms with Crippen molar-refractivity contribution in [2.45, 2.75) is 58.3 Å². The van der Waals surface area contributed by atoms with E-state index in [0.29, 0.717) is 0 Å². The highest BCUT2D eigenvalue weighted by molar-refractivity contribution is 5.91. The first kappa shape index (κ1) is 21.9. The van der Waals surface area contributed by atoms with Gasteiger partial charge in [-0.3, -0.25) is 0 Å². The number of hydrogen-bond acceptors (Lipinski definition) is 2. The summed E-state index contributed by atoms with van der Waals surface area (Å²) in [5.74, 6) is -1.74. The molecule has 0 aliphatic carbocycles. The first-order valence-electron chi connectivity index (χ1n) is 10.4. The molecule has 0 spiro atoms. The summed E-state index contributed by atoms with van der Waals surface area (Å²) in [7, 11) is 0. The average Bonchev–Trinajstić information content (AvgIpc) is 2.72. The minimum Gasteiger partial charge on any atom is -0.461 e. The average molecular weight is 383 g/mol. The number of carbonyl (C=O) groups is 1. The molecule has 3 heteroatoms. The van der Waals surface area contributed by atoms with E-state index in [9.17, 15) is 9.18 Å². The van der Waals surface area contributed by atoms with Crippen molar-refractivity contribution in [3.05, 3.63) is 77.1 Å². The molecule has 0 unspecified atom stereocenters. The minimum absolute atomic E-state index is 0.174. The molecule has 2 aromatic carbocycles. The van der Waals surface area contributed by atoms with Gasteiger partial charge in [-0.25, -0.2) is 4.79 Å². The normalized spacial score (nSPS) is 11.4. The van der Waals surface area contributed by atoms with E-state index >= 15 is 0 Å². The Morgan fingerprint density at radius 1 is 0.857 bits per heavy atom. The quantitative estimate of drug-likeness (QED) is 0.232. The second-order valence-corrected chi connectivity index (χ2v) is 7.02. The topological polar surface area (TPSA) is 26.3 Å². The molecule has 150 valence electrons. The van der Waals surface area contributed by atoms with Gasteiger partial charge in [-0.1, -0.05) is 80.3 Å². The molecule has 0 aromatic heterocycles. The van der Waals surface area contributed by atoms with E-state index < -0.39 is 11.8 Å². The Bertz CT molecular complexity index is 737. The number of esters is 1. The SMILES string of the molecule is CCOC(=O)/C(F)=C/c1ccccc1CCCCCCCCc1ccccc1. The Morgan fingerprint density at radius 2 is 1.46 bits per heavy atom. The third-order valence-corrected chi connectivity index (χ3v) is 4.81. The summed E-state index contributed by atoms with van der Waals surface area (Å²) in [5, 5.41) is 0. The lowest BCUT2D eigenvalue weighted by atomic mass is 9.99. The third kappa shape index (κ3) is 8.08. The number of rotatable bonds is 12. The summed E-state index contributed by atoms with van der Waals surface area (Å²) in [6, 6.07) is 18.3. The zero-order valence-electron chi connectivity index (χ0n) is 16.8. The number of halogens is 1. The van der Waals surface area contributed by atoms with Crippen LogP contribution in [0.1, 0.15) is 62.1 Å². The Hall–Kier alpha value is -2.42. The first-order chi connectivity index (χ1) is 13.7. The van der Waals surface area contributed by atoms with Gasteiger partial charge in [-0.2, -0.15) is 4.39 Å². The molecule has 0 aliphatic rings. The molecule has 0 saturated carbocycles. The van der Waals surface area contributed by atoms with Crippen LogP contribution in [0.3, 0.4) is 0 Å². The monoisotopic (exact) mass is 382 g/mol. The summed E-state index contributed by atoms with van der Waals surface area (Å²) < 4.78 is 18.6. The summed E-state index contributed by atoms with van der Waals surface area (Å²) >= 11 is 0. The minimum atomic E-state index is -0.896. The molecule has 2 aromatic rings. The van der Waals surface area contributed by atoms with Crippen molar-refractivity contribution in [3.63, 3.8) is 0 Å². The van der Waals surface area contributed by atoms with Crippen molar-refractivity contribution in [1.29, 1.82) is 0 Å². The fraction of sp³-hybridized carbons (Fsp3) is 0.400. The van der Waals surface area contributed by atoms with Crippen molar-refractivity contribution < 1.29 is 13.9 Å². The molecule has 28 heavy (non-hydrogen) atoms. The molecule has 2 nitrogen and oxygen atoms in total. The third-order valence-electron chi connectivity index (χ3n) is 4.81. The van der Waals surface area contributed by atoms with Crippen molar-refractivity contribution >= 4 is 12.0 Å². The molecule has 0 N–H and O–H groups in total. The molecular weight excluding hydrogens is 351 g/mol. The highest BCUT2D eigenvalue weighted by Gasteiger charge is 2.10. The van der Waals surface area contributed by atoms with Gasteiger partial charge >= 0.3 is 5.97 Å². The summed E-state index contributed by atoms with van der Waals surface area (Å²) in [4.78, 5) is 11.5. The number of carbonyl (C=O) groups excluding carboxylic acids is 1. The van der Waals surface area contributed by atoms with Crippen LogP contribution in [0.2, 0.25) is 0 Å². The maximum atomic E-state index is 13.9. The van der Waals surface area contributed by atoms with Crippen LogP contribution in [0, 0.1) is 0 Å². The van der Waals surface area contributed by atoms with Crippen LogP contribution in [-0.2, 0) is 22.4 Å². The summed E-state index contributed by atoms with van der Waals surface area (Å²) in [6.45, 7) is 1.84. The van der Waals surface area contributed by atoms with Crippen LogP contribution in [0.15, 0.2) is 60.4 Å². The van der Waals surface area contributed by atoms with Crippen molar-refractivity contribution in [3.8, 4) is 0 Å². The summed E-state index contributed by atoms with van der Waals surface area (Å²) in [6.07, 6.45) is 10.6. The molecule has 0 heterocycles. The molecule has 0 aliphatic heterocycles. The Morgan fingerprint density at radius 3 is 2.18 bits per heavy atom. The Kier molecular flexibility index (Phi) is 10.1. The van der Waals surface area contributed by atoms with Gasteiger partial charge in [0.25, 0.3) is 0 Å². The van der Waals surface area contributed by atoms with Gasteiger partial charge in [-0.05, 0) is 55.4 Å². The van der Waals surface area contributed by atoms with Gasteiger partial charge in [0.15, 0.2) is 0 Å². The van der Waals surface area contributed by atoms with Gasteiger partial charge in [0, 0.05) is 0 Å². The van der Waals surface area contributed by atoms with Crippen molar-refractivity contribution in [2.75, 3.05) is 6.61 Å². The van der Waals surface area contributed by atoms with Gasteiger partial charge in [0.05, 0.1) is 6.61 Å². The fourth-order valence-corrected chi connectivity index (χ4v) is 3.29. The molecule has 0 bridgehead atoms. The van der Waals surface area contributed by atoms with Crippen LogP contribution >= 0.6 is 0 Å².